The molecule has 1 aromatic carbocycles. The van der Waals surface area contributed by atoms with Gasteiger partial charge in [-0.15, -0.1) is 11.3 Å². The molecule has 0 radical (unpaired) electrons. The number of aromatic nitrogens is 3. The molecule has 1 amide bonds. The highest BCUT2D eigenvalue weighted by molar-refractivity contribution is 7.14. The van der Waals surface area contributed by atoms with E-state index in [2.05, 4.69) is 15.4 Å². The summed E-state index contributed by atoms with van der Waals surface area (Å²) >= 11 is 7.25. The van der Waals surface area contributed by atoms with E-state index in [1.807, 2.05) is 36.6 Å². The lowest BCUT2D eigenvalue weighted by molar-refractivity contribution is 0.102. The molecule has 112 valence electrons. The first-order chi connectivity index (χ1) is 10.7. The average Bonchev–Trinajstić information content (AvgIpc) is 3.17. The van der Waals surface area contributed by atoms with E-state index in [1.165, 1.54) is 11.3 Å². The van der Waals surface area contributed by atoms with E-state index in [1.54, 1.807) is 17.1 Å². The first-order valence-corrected chi connectivity index (χ1v) is 7.96. The van der Waals surface area contributed by atoms with Crippen LogP contribution in [0.3, 0.4) is 0 Å². The van der Waals surface area contributed by atoms with Gasteiger partial charge < -0.3 is 0 Å². The zero-order chi connectivity index (χ0) is 15.5. The molecular formula is C15H13ClN4OS. The first-order valence-electron chi connectivity index (χ1n) is 6.71. The number of aryl methyl sites for hydroxylation is 1. The van der Waals surface area contributed by atoms with Crippen LogP contribution in [0.25, 0.3) is 11.3 Å². The SMILES string of the molecule is CCn1cc(C(=O)Nc2nc(-c3ccc(Cl)cc3)cs2)cn1. The highest BCUT2D eigenvalue weighted by Gasteiger charge is 2.11. The molecule has 0 aliphatic carbocycles. The van der Waals surface area contributed by atoms with Crippen LogP contribution < -0.4 is 5.32 Å². The van der Waals surface area contributed by atoms with Crippen LogP contribution in [0.2, 0.25) is 5.02 Å². The van der Waals surface area contributed by atoms with Crippen LogP contribution in [0, 0.1) is 0 Å². The molecule has 0 aliphatic heterocycles. The quantitative estimate of drug-likeness (QED) is 0.787. The number of rotatable bonds is 4. The Kier molecular flexibility index (Phi) is 4.22. The summed E-state index contributed by atoms with van der Waals surface area (Å²) in [4.78, 5) is 16.5. The summed E-state index contributed by atoms with van der Waals surface area (Å²) in [5, 5.41) is 10.0. The Morgan fingerprint density at radius 3 is 2.82 bits per heavy atom. The van der Waals surface area contributed by atoms with Crippen molar-refractivity contribution < 1.29 is 4.79 Å². The van der Waals surface area contributed by atoms with Gasteiger partial charge in [-0.1, -0.05) is 23.7 Å². The maximum Gasteiger partial charge on any atom is 0.260 e. The number of hydrogen-bond acceptors (Lipinski definition) is 4. The van der Waals surface area contributed by atoms with Gasteiger partial charge in [0, 0.05) is 28.7 Å². The van der Waals surface area contributed by atoms with Crippen molar-refractivity contribution in [3.8, 4) is 11.3 Å². The van der Waals surface area contributed by atoms with Crippen LogP contribution in [0.1, 0.15) is 17.3 Å². The summed E-state index contributed by atoms with van der Waals surface area (Å²) in [6.45, 7) is 2.69. The number of anilines is 1. The van der Waals surface area contributed by atoms with Crippen molar-refractivity contribution in [1.82, 2.24) is 14.8 Å². The summed E-state index contributed by atoms with van der Waals surface area (Å²) in [5.41, 5.74) is 2.28. The van der Waals surface area contributed by atoms with Crippen molar-refractivity contribution in [2.45, 2.75) is 13.5 Å². The van der Waals surface area contributed by atoms with E-state index in [0.29, 0.717) is 15.7 Å². The van der Waals surface area contributed by atoms with Gasteiger partial charge in [-0.3, -0.25) is 14.8 Å². The summed E-state index contributed by atoms with van der Waals surface area (Å²) in [6.07, 6.45) is 3.26. The van der Waals surface area contributed by atoms with Crippen LogP contribution in [-0.2, 0) is 6.54 Å². The van der Waals surface area contributed by atoms with Crippen LogP contribution >= 0.6 is 22.9 Å². The van der Waals surface area contributed by atoms with Gasteiger partial charge in [0.05, 0.1) is 17.5 Å². The Hall–Kier alpha value is -2.18. The maximum absolute atomic E-state index is 12.1. The Labute approximate surface area is 136 Å². The molecule has 0 spiro atoms. The highest BCUT2D eigenvalue weighted by atomic mass is 35.5. The third-order valence-electron chi connectivity index (χ3n) is 3.08. The summed E-state index contributed by atoms with van der Waals surface area (Å²) in [7, 11) is 0. The maximum atomic E-state index is 12.1. The fourth-order valence-corrected chi connectivity index (χ4v) is 2.75. The van der Waals surface area contributed by atoms with Crippen molar-refractivity contribution in [3.63, 3.8) is 0 Å². The number of halogens is 1. The van der Waals surface area contributed by atoms with Crippen LogP contribution in [0.15, 0.2) is 42.0 Å². The number of nitrogens with zero attached hydrogens (tertiary/aromatic N) is 3. The summed E-state index contributed by atoms with van der Waals surface area (Å²) < 4.78 is 1.70. The lowest BCUT2D eigenvalue weighted by Crippen LogP contribution is -2.10. The molecule has 0 fully saturated rings. The fraction of sp³-hybridized carbons (Fsp3) is 0.133. The van der Waals surface area contributed by atoms with Gasteiger partial charge in [0.25, 0.3) is 5.91 Å². The van der Waals surface area contributed by atoms with Crippen LogP contribution in [0.4, 0.5) is 5.13 Å². The number of thiazole rings is 1. The van der Waals surface area contributed by atoms with E-state index in [9.17, 15) is 4.79 Å². The molecule has 3 aromatic rings. The van der Waals surface area contributed by atoms with Crippen LogP contribution in [-0.4, -0.2) is 20.7 Å². The highest BCUT2D eigenvalue weighted by Crippen LogP contribution is 2.26. The molecule has 7 heteroatoms. The topological polar surface area (TPSA) is 59.8 Å². The number of carbonyl (C=O) groups is 1. The summed E-state index contributed by atoms with van der Waals surface area (Å²) in [6, 6.07) is 7.42. The molecule has 3 rings (SSSR count). The minimum absolute atomic E-state index is 0.211. The monoisotopic (exact) mass is 332 g/mol. The van der Waals surface area contributed by atoms with Crippen molar-refractivity contribution in [2.24, 2.45) is 0 Å². The molecular weight excluding hydrogens is 320 g/mol. The Balaban J connectivity index is 1.73. The van der Waals surface area contributed by atoms with Gasteiger partial charge in [-0.25, -0.2) is 4.98 Å². The molecule has 2 heterocycles. The lowest BCUT2D eigenvalue weighted by Gasteiger charge is -1.99. The molecule has 0 saturated heterocycles. The Morgan fingerprint density at radius 2 is 2.14 bits per heavy atom. The average molecular weight is 333 g/mol. The number of benzene rings is 1. The van der Waals surface area contributed by atoms with Gasteiger partial charge >= 0.3 is 0 Å². The molecule has 1 N–H and O–H groups in total. The van der Waals surface area contributed by atoms with Crippen molar-refractivity contribution >= 4 is 34.0 Å². The lowest BCUT2D eigenvalue weighted by atomic mass is 10.2. The molecule has 0 unspecified atom stereocenters. The largest absolute Gasteiger partial charge is 0.298 e. The van der Waals surface area contributed by atoms with E-state index >= 15 is 0 Å². The van der Waals surface area contributed by atoms with E-state index in [4.69, 9.17) is 11.6 Å². The minimum Gasteiger partial charge on any atom is -0.298 e. The fourth-order valence-electron chi connectivity index (χ4n) is 1.91. The van der Waals surface area contributed by atoms with Gasteiger partial charge in [0.1, 0.15) is 0 Å². The predicted molar refractivity (Wildman–Crippen MR) is 88.4 cm³/mol. The second kappa shape index (κ2) is 6.29. The van der Waals surface area contributed by atoms with E-state index < -0.39 is 0 Å². The van der Waals surface area contributed by atoms with Gasteiger partial charge in [-0.05, 0) is 19.1 Å². The third kappa shape index (κ3) is 3.18. The summed E-state index contributed by atoms with van der Waals surface area (Å²) in [5.74, 6) is -0.211. The normalized spacial score (nSPS) is 10.6. The second-order valence-corrected chi connectivity index (χ2v) is 5.88. The number of nitrogens with one attached hydrogen (secondary N) is 1. The van der Waals surface area contributed by atoms with E-state index in [-0.39, 0.29) is 5.91 Å². The molecule has 0 aliphatic rings. The Bertz CT molecular complexity index is 794. The minimum atomic E-state index is -0.211. The van der Waals surface area contributed by atoms with Gasteiger partial charge in [-0.2, -0.15) is 5.10 Å². The number of amides is 1. The number of carbonyl (C=O) groups excluding carboxylic acids is 1. The van der Waals surface area contributed by atoms with Crippen molar-refractivity contribution in [1.29, 1.82) is 0 Å². The molecule has 0 saturated carbocycles. The van der Waals surface area contributed by atoms with Crippen LogP contribution in [0.5, 0.6) is 0 Å². The smallest absolute Gasteiger partial charge is 0.260 e. The third-order valence-corrected chi connectivity index (χ3v) is 4.09. The molecule has 0 bridgehead atoms. The van der Waals surface area contributed by atoms with Gasteiger partial charge in [0.2, 0.25) is 0 Å². The van der Waals surface area contributed by atoms with E-state index in [0.717, 1.165) is 17.8 Å². The molecule has 0 atom stereocenters. The first kappa shape index (κ1) is 14.7. The Morgan fingerprint density at radius 1 is 1.36 bits per heavy atom. The van der Waals surface area contributed by atoms with Crippen molar-refractivity contribution in [2.75, 3.05) is 5.32 Å². The van der Waals surface area contributed by atoms with Gasteiger partial charge in [0.15, 0.2) is 5.13 Å². The zero-order valence-corrected chi connectivity index (χ0v) is 13.4. The second-order valence-electron chi connectivity index (χ2n) is 4.58. The molecule has 2 aromatic heterocycles. The molecule has 22 heavy (non-hydrogen) atoms. The standard InChI is InChI=1S/C15H13ClN4OS/c1-2-20-8-11(7-17-20)14(21)19-15-18-13(9-22-15)10-3-5-12(16)6-4-10/h3-9H,2H2,1H3,(H,18,19,21). The zero-order valence-electron chi connectivity index (χ0n) is 11.8. The number of hydrogen-bond donors (Lipinski definition) is 1. The molecule has 5 nitrogen and oxygen atoms in total. The van der Waals surface area contributed by atoms with Crippen molar-refractivity contribution in [3.05, 3.63) is 52.6 Å². The predicted octanol–water partition coefficient (Wildman–Crippen LogP) is 3.93.